The van der Waals surface area contributed by atoms with Crippen molar-refractivity contribution in [3.8, 4) is 0 Å². The molecule has 2 aliphatic rings. The molecule has 0 saturated carbocycles. The Morgan fingerprint density at radius 3 is 2.79 bits per heavy atom. The fraction of sp³-hybridized carbons (Fsp3) is 0.333. The smallest absolute Gasteiger partial charge is 0.185 e. The van der Waals surface area contributed by atoms with Gasteiger partial charge >= 0.3 is 0 Å². The van der Waals surface area contributed by atoms with Crippen LogP contribution in [0.4, 0.5) is 0 Å². The van der Waals surface area contributed by atoms with E-state index in [0.717, 1.165) is 0 Å². The number of carbonyl (C=O) groups is 2. The molecule has 2 nitrogen and oxygen atoms in total. The maximum absolute atomic E-state index is 11.8. The second-order valence-electron chi connectivity index (χ2n) is 3.83. The van der Waals surface area contributed by atoms with Crippen LogP contribution in [0.3, 0.4) is 0 Å². The Bertz CT molecular complexity index is 408. The molecule has 1 atom stereocenters. The predicted octanol–water partition coefficient (Wildman–Crippen LogP) is 1.98. The standard InChI is InChI=1S/C12H12O2/c1-7-4-3-5-9-10(13)6-8(2)12(14)11(7)9/h3-4,6-7H,5H2,1-2H3. The van der Waals surface area contributed by atoms with Gasteiger partial charge in [-0.15, -0.1) is 0 Å². The summed E-state index contributed by atoms with van der Waals surface area (Å²) < 4.78 is 0. The fourth-order valence-corrected chi connectivity index (χ4v) is 2.01. The van der Waals surface area contributed by atoms with Crippen molar-refractivity contribution >= 4 is 11.6 Å². The van der Waals surface area contributed by atoms with Crippen LogP contribution < -0.4 is 0 Å². The van der Waals surface area contributed by atoms with Crippen molar-refractivity contribution in [2.45, 2.75) is 20.3 Å². The van der Waals surface area contributed by atoms with Crippen molar-refractivity contribution < 1.29 is 9.59 Å². The summed E-state index contributed by atoms with van der Waals surface area (Å²) in [7, 11) is 0. The van der Waals surface area contributed by atoms with E-state index in [9.17, 15) is 9.59 Å². The second-order valence-corrected chi connectivity index (χ2v) is 3.83. The lowest BCUT2D eigenvalue weighted by atomic mass is 9.79. The molecular formula is C12H12O2. The molecule has 0 bridgehead atoms. The highest BCUT2D eigenvalue weighted by Gasteiger charge is 2.29. The number of hydrogen-bond donors (Lipinski definition) is 0. The summed E-state index contributed by atoms with van der Waals surface area (Å²) in [6.07, 6.45) is 6.01. The van der Waals surface area contributed by atoms with E-state index >= 15 is 0 Å². The zero-order valence-corrected chi connectivity index (χ0v) is 8.33. The normalized spacial score (nSPS) is 26.4. The van der Waals surface area contributed by atoms with Gasteiger partial charge in [0.15, 0.2) is 11.6 Å². The monoisotopic (exact) mass is 188 g/mol. The first kappa shape index (κ1) is 9.13. The number of allylic oxidation sites excluding steroid dienone is 6. The van der Waals surface area contributed by atoms with Crippen LogP contribution in [-0.2, 0) is 9.59 Å². The van der Waals surface area contributed by atoms with Gasteiger partial charge in [-0.2, -0.15) is 0 Å². The number of hydrogen-bond acceptors (Lipinski definition) is 2. The van der Waals surface area contributed by atoms with Gasteiger partial charge in [0.25, 0.3) is 0 Å². The Kier molecular flexibility index (Phi) is 1.99. The molecule has 0 heterocycles. The minimum Gasteiger partial charge on any atom is -0.290 e. The Balaban J connectivity index is 2.52. The number of rotatable bonds is 0. The van der Waals surface area contributed by atoms with E-state index in [2.05, 4.69) is 0 Å². The summed E-state index contributed by atoms with van der Waals surface area (Å²) in [5.41, 5.74) is 1.96. The van der Waals surface area contributed by atoms with E-state index in [1.807, 2.05) is 19.1 Å². The largest absolute Gasteiger partial charge is 0.290 e. The van der Waals surface area contributed by atoms with Crippen LogP contribution in [0.1, 0.15) is 20.3 Å². The molecule has 0 aliphatic heterocycles. The number of carbonyl (C=O) groups excluding carboxylic acids is 2. The summed E-state index contributed by atoms with van der Waals surface area (Å²) in [6, 6.07) is 0. The van der Waals surface area contributed by atoms with E-state index in [0.29, 0.717) is 23.1 Å². The van der Waals surface area contributed by atoms with E-state index in [1.165, 1.54) is 6.08 Å². The Hall–Kier alpha value is -1.44. The molecular weight excluding hydrogens is 176 g/mol. The minimum absolute atomic E-state index is 0.00769. The molecule has 14 heavy (non-hydrogen) atoms. The van der Waals surface area contributed by atoms with Crippen LogP contribution in [0.15, 0.2) is 34.9 Å². The average molecular weight is 188 g/mol. The highest BCUT2D eigenvalue weighted by atomic mass is 16.1. The van der Waals surface area contributed by atoms with Crippen molar-refractivity contribution in [2.24, 2.45) is 5.92 Å². The molecule has 0 aromatic rings. The lowest BCUT2D eigenvalue weighted by Crippen LogP contribution is -2.23. The maximum atomic E-state index is 11.8. The van der Waals surface area contributed by atoms with E-state index in [-0.39, 0.29) is 17.5 Å². The molecule has 2 heteroatoms. The number of ketones is 2. The van der Waals surface area contributed by atoms with Crippen LogP contribution in [0.25, 0.3) is 0 Å². The highest BCUT2D eigenvalue weighted by Crippen LogP contribution is 2.31. The molecule has 0 saturated heterocycles. The highest BCUT2D eigenvalue weighted by molar-refractivity contribution is 6.23. The molecule has 0 aromatic heterocycles. The summed E-state index contributed by atoms with van der Waals surface area (Å²) in [5.74, 6) is 0.128. The maximum Gasteiger partial charge on any atom is 0.185 e. The third kappa shape index (κ3) is 1.18. The first-order chi connectivity index (χ1) is 6.61. The third-order valence-corrected chi connectivity index (χ3v) is 2.78. The Labute approximate surface area is 83.0 Å². The molecule has 0 amide bonds. The Morgan fingerprint density at radius 2 is 2.07 bits per heavy atom. The van der Waals surface area contributed by atoms with Gasteiger partial charge < -0.3 is 0 Å². The van der Waals surface area contributed by atoms with Crippen LogP contribution in [0.5, 0.6) is 0 Å². The van der Waals surface area contributed by atoms with Gasteiger partial charge in [-0.1, -0.05) is 19.1 Å². The average Bonchev–Trinajstić information content (AvgIpc) is 2.14. The van der Waals surface area contributed by atoms with Gasteiger partial charge in [0.2, 0.25) is 0 Å². The van der Waals surface area contributed by atoms with Crippen LogP contribution in [0, 0.1) is 5.92 Å². The second kappa shape index (κ2) is 3.05. The summed E-state index contributed by atoms with van der Waals surface area (Å²) in [6.45, 7) is 3.66. The summed E-state index contributed by atoms with van der Waals surface area (Å²) in [4.78, 5) is 23.4. The van der Waals surface area contributed by atoms with Gasteiger partial charge in [0, 0.05) is 22.6 Å². The predicted molar refractivity (Wildman–Crippen MR) is 53.7 cm³/mol. The van der Waals surface area contributed by atoms with Crippen molar-refractivity contribution in [1.82, 2.24) is 0 Å². The zero-order valence-electron chi connectivity index (χ0n) is 8.33. The molecule has 0 aromatic carbocycles. The minimum atomic E-state index is 0.00769. The van der Waals surface area contributed by atoms with Crippen molar-refractivity contribution in [2.75, 3.05) is 0 Å². The van der Waals surface area contributed by atoms with E-state index in [1.54, 1.807) is 6.92 Å². The van der Waals surface area contributed by atoms with Gasteiger partial charge in [0.1, 0.15) is 0 Å². The lowest BCUT2D eigenvalue weighted by Gasteiger charge is -2.23. The molecule has 0 radical (unpaired) electrons. The number of Topliss-reactive ketones (excluding diaryl/α,β-unsaturated/α-hetero) is 1. The van der Waals surface area contributed by atoms with Crippen molar-refractivity contribution in [3.63, 3.8) is 0 Å². The molecule has 1 unspecified atom stereocenters. The molecule has 0 N–H and O–H groups in total. The van der Waals surface area contributed by atoms with Gasteiger partial charge in [-0.25, -0.2) is 0 Å². The molecule has 0 spiro atoms. The van der Waals surface area contributed by atoms with Crippen molar-refractivity contribution in [3.05, 3.63) is 34.9 Å². The first-order valence-electron chi connectivity index (χ1n) is 4.78. The fourth-order valence-electron chi connectivity index (χ4n) is 2.01. The molecule has 2 rings (SSSR count). The van der Waals surface area contributed by atoms with Gasteiger partial charge in [-0.3, -0.25) is 9.59 Å². The van der Waals surface area contributed by atoms with Gasteiger partial charge in [-0.05, 0) is 19.4 Å². The quantitative estimate of drug-likeness (QED) is 0.430. The van der Waals surface area contributed by atoms with Crippen LogP contribution in [-0.4, -0.2) is 11.6 Å². The van der Waals surface area contributed by atoms with Crippen LogP contribution in [0.2, 0.25) is 0 Å². The SMILES string of the molecule is CC1=CC(=O)C2=C(C1=O)C(C)C=CC2. The third-order valence-electron chi connectivity index (χ3n) is 2.78. The summed E-state index contributed by atoms with van der Waals surface area (Å²) >= 11 is 0. The van der Waals surface area contributed by atoms with Gasteiger partial charge in [0.05, 0.1) is 0 Å². The molecule has 0 fully saturated rings. The first-order valence-corrected chi connectivity index (χ1v) is 4.78. The Morgan fingerprint density at radius 1 is 1.36 bits per heavy atom. The topological polar surface area (TPSA) is 34.1 Å². The molecule has 2 aliphatic carbocycles. The van der Waals surface area contributed by atoms with E-state index in [4.69, 9.17) is 0 Å². The van der Waals surface area contributed by atoms with E-state index < -0.39 is 0 Å². The van der Waals surface area contributed by atoms with Crippen LogP contribution >= 0.6 is 0 Å². The van der Waals surface area contributed by atoms with Crippen molar-refractivity contribution in [1.29, 1.82) is 0 Å². The zero-order chi connectivity index (χ0) is 10.3. The lowest BCUT2D eigenvalue weighted by molar-refractivity contribution is -0.116. The molecule has 72 valence electrons. The summed E-state index contributed by atoms with van der Waals surface area (Å²) in [5, 5.41) is 0.